The Morgan fingerprint density at radius 3 is 2.58 bits per heavy atom. The van der Waals surface area contributed by atoms with Gasteiger partial charge in [0.1, 0.15) is 5.69 Å². The van der Waals surface area contributed by atoms with Gasteiger partial charge in [0, 0.05) is 29.0 Å². The first-order valence-corrected chi connectivity index (χ1v) is 8.91. The van der Waals surface area contributed by atoms with Crippen LogP contribution in [0.3, 0.4) is 0 Å². The van der Waals surface area contributed by atoms with Crippen LogP contribution >= 0.6 is 11.6 Å². The molecule has 0 aliphatic carbocycles. The van der Waals surface area contributed by atoms with Crippen LogP contribution in [-0.2, 0) is 19.1 Å². The topological polar surface area (TPSA) is 177 Å². The van der Waals surface area contributed by atoms with Crippen LogP contribution in [0.5, 0.6) is 11.5 Å². The number of ether oxygens (including phenoxy) is 3. The van der Waals surface area contributed by atoms with Crippen molar-refractivity contribution in [3.63, 3.8) is 0 Å². The maximum absolute atomic E-state index is 12.1. The number of aliphatic carboxylic acids is 1. The number of nitrogens with zero attached hydrogens (tertiary/aromatic N) is 1. The molecule has 2 aromatic rings. The third-order valence-electron chi connectivity index (χ3n) is 4.20. The number of fused-ring (bicyclic) bond motifs is 1. The predicted molar refractivity (Wildman–Crippen MR) is 105 cm³/mol. The smallest absolute Gasteiger partial charge is 0.356 e. The lowest BCUT2D eigenvalue weighted by molar-refractivity contribution is -0.139. The summed E-state index contributed by atoms with van der Waals surface area (Å²) >= 11 is 6.39. The fourth-order valence-corrected chi connectivity index (χ4v) is 3.29. The molecule has 1 aromatic carbocycles. The first-order valence-electron chi connectivity index (χ1n) is 8.53. The Bertz CT molecular complexity index is 1010. The molecule has 0 radical (unpaired) electrons. The number of carboxylic acid groups (broad SMARTS) is 2. The highest BCUT2D eigenvalue weighted by atomic mass is 35.5. The van der Waals surface area contributed by atoms with Crippen molar-refractivity contribution in [2.45, 2.75) is 12.3 Å². The fourth-order valence-electron chi connectivity index (χ4n) is 3.01. The lowest BCUT2D eigenvalue weighted by Gasteiger charge is -2.24. The van der Waals surface area contributed by atoms with Gasteiger partial charge >= 0.3 is 11.9 Å². The molecule has 4 N–H and O–H groups in total. The molecule has 0 saturated carbocycles. The second-order valence-electron chi connectivity index (χ2n) is 5.97. The van der Waals surface area contributed by atoms with Crippen LogP contribution in [0.4, 0.5) is 5.82 Å². The molecular formula is C18H18ClN3O9. The molecule has 2 heterocycles. The molecule has 1 aliphatic rings. The number of carbonyl (C=O) groups excluding carboxylic acids is 2. The molecular weight excluding hydrogens is 438 g/mol. The predicted octanol–water partition coefficient (Wildman–Crippen LogP) is 1.50. The highest BCUT2D eigenvalue weighted by molar-refractivity contribution is 6.31. The molecule has 0 spiro atoms. The number of carbonyl (C=O) groups is 4. The van der Waals surface area contributed by atoms with Crippen molar-refractivity contribution >= 4 is 41.7 Å². The van der Waals surface area contributed by atoms with E-state index < -0.39 is 24.5 Å². The van der Waals surface area contributed by atoms with Crippen molar-refractivity contribution in [3.8, 4) is 11.5 Å². The van der Waals surface area contributed by atoms with Gasteiger partial charge in [0.15, 0.2) is 23.9 Å². The van der Waals surface area contributed by atoms with E-state index in [0.717, 1.165) is 0 Å². The number of methoxy groups -OCH3 is 2. The van der Waals surface area contributed by atoms with E-state index in [-0.39, 0.29) is 46.8 Å². The van der Waals surface area contributed by atoms with Crippen molar-refractivity contribution in [1.29, 1.82) is 0 Å². The van der Waals surface area contributed by atoms with Gasteiger partial charge in [0.25, 0.3) is 6.47 Å². The number of aromatic nitrogens is 2. The van der Waals surface area contributed by atoms with E-state index in [9.17, 15) is 14.4 Å². The Labute approximate surface area is 180 Å². The lowest BCUT2D eigenvalue weighted by Crippen LogP contribution is -2.24. The maximum Gasteiger partial charge on any atom is 0.356 e. The van der Waals surface area contributed by atoms with Gasteiger partial charge in [-0.15, -0.1) is 0 Å². The van der Waals surface area contributed by atoms with Crippen molar-refractivity contribution in [1.82, 2.24) is 10.2 Å². The minimum Gasteiger partial charge on any atom is -0.493 e. The van der Waals surface area contributed by atoms with Gasteiger partial charge in [-0.25, -0.2) is 9.59 Å². The molecule has 0 bridgehead atoms. The number of aromatic amines is 1. The number of hydrogen-bond acceptors (Lipinski definition) is 8. The molecule has 1 unspecified atom stereocenters. The second-order valence-corrected chi connectivity index (χ2v) is 6.38. The fraction of sp³-hybridized carbons (Fsp3) is 0.278. The van der Waals surface area contributed by atoms with E-state index >= 15 is 0 Å². The zero-order valence-electron chi connectivity index (χ0n) is 16.3. The average molecular weight is 456 g/mol. The molecule has 1 aromatic heterocycles. The SMILES string of the molecule is COC(=O)c1[nH]nc2c1C(c1cc(OC)c(OCC(=O)O)cc1Cl)CC(=O)N2.O=CO. The van der Waals surface area contributed by atoms with Gasteiger partial charge in [-0.3, -0.25) is 14.7 Å². The van der Waals surface area contributed by atoms with E-state index in [4.69, 9.17) is 40.8 Å². The summed E-state index contributed by atoms with van der Waals surface area (Å²) in [6.07, 6.45) is 0.00866. The lowest BCUT2D eigenvalue weighted by atomic mass is 9.85. The average Bonchev–Trinajstić information content (AvgIpc) is 3.15. The van der Waals surface area contributed by atoms with Crippen molar-refractivity contribution in [3.05, 3.63) is 34.0 Å². The number of hydrogen-bond donors (Lipinski definition) is 4. The van der Waals surface area contributed by atoms with Crippen LogP contribution in [0.15, 0.2) is 12.1 Å². The van der Waals surface area contributed by atoms with E-state index in [1.165, 1.54) is 20.3 Å². The standard InChI is InChI=1S/C17H16ClN3O7.CH2O2/c1-26-10-3-7(9(18)5-11(10)28-6-13(23)24)8-4-12(22)19-16-14(8)15(20-21-16)17(25)27-2;2-1-3/h3,5,8H,4,6H2,1-2H3,(H,23,24)(H2,19,20,21,22);1H,(H,2,3). The van der Waals surface area contributed by atoms with E-state index in [1.54, 1.807) is 6.07 Å². The number of nitrogens with one attached hydrogen (secondary N) is 2. The summed E-state index contributed by atoms with van der Waals surface area (Å²) in [4.78, 5) is 43.3. The van der Waals surface area contributed by atoms with E-state index in [0.29, 0.717) is 11.1 Å². The molecule has 1 amide bonds. The first-order chi connectivity index (χ1) is 14.8. The molecule has 12 nitrogen and oxygen atoms in total. The molecule has 1 atom stereocenters. The third-order valence-corrected chi connectivity index (χ3v) is 4.53. The quantitative estimate of drug-likeness (QED) is 0.368. The van der Waals surface area contributed by atoms with Crippen LogP contribution in [0.1, 0.15) is 34.0 Å². The molecule has 0 fully saturated rings. The number of H-pyrrole nitrogens is 1. The van der Waals surface area contributed by atoms with Crippen LogP contribution in [0.25, 0.3) is 0 Å². The number of carboxylic acids is 1. The molecule has 13 heteroatoms. The number of amides is 1. The largest absolute Gasteiger partial charge is 0.493 e. The molecule has 31 heavy (non-hydrogen) atoms. The number of esters is 1. The Hall–Kier alpha value is -3.80. The van der Waals surface area contributed by atoms with Crippen LogP contribution in [0, 0.1) is 0 Å². The normalized spacial score (nSPS) is 14.3. The van der Waals surface area contributed by atoms with Crippen LogP contribution in [0.2, 0.25) is 5.02 Å². The molecule has 166 valence electrons. The minimum absolute atomic E-state index is 0.00866. The summed E-state index contributed by atoms with van der Waals surface area (Å²) in [6, 6.07) is 2.95. The monoisotopic (exact) mass is 455 g/mol. The second kappa shape index (κ2) is 10.3. The van der Waals surface area contributed by atoms with Crippen molar-refractivity contribution in [2.24, 2.45) is 0 Å². The Balaban J connectivity index is 0.00000107. The van der Waals surface area contributed by atoms with Gasteiger partial charge < -0.3 is 29.7 Å². The van der Waals surface area contributed by atoms with Gasteiger partial charge in [0.2, 0.25) is 5.91 Å². The Morgan fingerprint density at radius 1 is 1.32 bits per heavy atom. The van der Waals surface area contributed by atoms with E-state index in [2.05, 4.69) is 15.5 Å². The Kier molecular flexibility index (Phi) is 7.80. The summed E-state index contributed by atoms with van der Waals surface area (Å²) in [5.74, 6) is -2.12. The van der Waals surface area contributed by atoms with Gasteiger partial charge in [0.05, 0.1) is 14.2 Å². The summed E-state index contributed by atoms with van der Waals surface area (Å²) in [7, 11) is 2.62. The van der Waals surface area contributed by atoms with Gasteiger partial charge in [-0.1, -0.05) is 11.6 Å². The molecule has 3 rings (SSSR count). The molecule has 1 aliphatic heterocycles. The summed E-state index contributed by atoms with van der Waals surface area (Å²) < 4.78 is 15.2. The zero-order valence-corrected chi connectivity index (χ0v) is 17.1. The van der Waals surface area contributed by atoms with Crippen LogP contribution in [-0.4, -0.2) is 65.6 Å². The summed E-state index contributed by atoms with van der Waals surface area (Å²) in [5, 5.41) is 25.0. The maximum atomic E-state index is 12.1. The Morgan fingerprint density at radius 2 is 2.00 bits per heavy atom. The first kappa shape index (κ1) is 23.5. The van der Waals surface area contributed by atoms with Gasteiger partial charge in [-0.2, -0.15) is 5.10 Å². The van der Waals surface area contributed by atoms with Crippen molar-refractivity contribution in [2.75, 3.05) is 26.1 Å². The van der Waals surface area contributed by atoms with Crippen molar-refractivity contribution < 1.29 is 43.6 Å². The summed E-state index contributed by atoms with van der Waals surface area (Å²) in [5.41, 5.74) is 1.03. The highest BCUT2D eigenvalue weighted by Crippen LogP contribution is 2.44. The molecule has 0 saturated heterocycles. The van der Waals surface area contributed by atoms with Gasteiger partial charge in [-0.05, 0) is 11.6 Å². The number of halogens is 1. The zero-order chi connectivity index (χ0) is 23.1. The number of anilines is 1. The van der Waals surface area contributed by atoms with E-state index in [1.807, 2.05) is 0 Å². The highest BCUT2D eigenvalue weighted by Gasteiger charge is 2.35. The number of rotatable bonds is 6. The third kappa shape index (κ3) is 5.22. The summed E-state index contributed by atoms with van der Waals surface area (Å²) in [6.45, 7) is -0.823. The number of benzene rings is 1. The minimum atomic E-state index is -1.16. The van der Waals surface area contributed by atoms with Crippen LogP contribution < -0.4 is 14.8 Å².